The van der Waals surface area contributed by atoms with E-state index in [0.29, 0.717) is 11.4 Å². The molecule has 2 aromatic heterocycles. The van der Waals surface area contributed by atoms with Crippen molar-refractivity contribution in [1.29, 1.82) is 0 Å². The fraction of sp³-hybridized carbons (Fsp3) is 0.0690. The van der Waals surface area contributed by atoms with E-state index < -0.39 is 0 Å². The van der Waals surface area contributed by atoms with Crippen molar-refractivity contribution in [2.75, 3.05) is 0 Å². The normalized spacial score (nSPS) is 11.3. The Morgan fingerprint density at radius 2 is 1.00 bits per heavy atom. The minimum atomic E-state index is -0.220. The minimum absolute atomic E-state index is 0. The summed E-state index contributed by atoms with van der Waals surface area (Å²) in [6, 6.07) is 73.0. The molecular weight excluding hydrogens is 950 g/mol. The molecule has 1 N–H and O–H groups in total. The zero-order chi connectivity index (χ0) is 42.2. The molecule has 10 aromatic rings. The van der Waals surface area contributed by atoms with Crippen molar-refractivity contribution >= 4 is 11.0 Å². The number of pyridine rings is 1. The molecule has 0 spiro atoms. The first-order valence-electron chi connectivity index (χ1n) is 21.0. The molecule has 10 rings (SSSR count). The zero-order valence-electron chi connectivity index (χ0n) is 35.2. The van der Waals surface area contributed by atoms with E-state index in [4.69, 9.17) is 9.97 Å². The molecular formula is C58H44N3OPt-. The molecule has 4 nitrogen and oxygen atoms in total. The zero-order valence-corrected chi connectivity index (χ0v) is 37.5. The molecule has 0 atom stereocenters. The monoisotopic (exact) mass is 993 g/mol. The number of para-hydroxylation sites is 2. The summed E-state index contributed by atoms with van der Waals surface area (Å²) >= 11 is 0. The van der Waals surface area contributed by atoms with Gasteiger partial charge in [-0.25, -0.2) is 4.98 Å². The molecule has 8 aromatic carbocycles. The van der Waals surface area contributed by atoms with E-state index in [-0.39, 0.29) is 32.2 Å². The van der Waals surface area contributed by atoms with E-state index in [9.17, 15) is 5.11 Å². The molecule has 0 saturated heterocycles. The van der Waals surface area contributed by atoms with Crippen LogP contribution in [0.1, 0.15) is 26.3 Å². The maximum Gasteiger partial charge on any atom is 0.148 e. The Labute approximate surface area is 383 Å². The number of imidazole rings is 1. The van der Waals surface area contributed by atoms with Crippen LogP contribution in [0, 0.1) is 6.07 Å². The van der Waals surface area contributed by atoms with Gasteiger partial charge in [0.25, 0.3) is 0 Å². The Hall–Kier alpha value is -7.13. The van der Waals surface area contributed by atoms with E-state index in [2.05, 4.69) is 189 Å². The van der Waals surface area contributed by atoms with Crippen LogP contribution in [0.5, 0.6) is 5.75 Å². The van der Waals surface area contributed by atoms with Crippen molar-refractivity contribution in [3.8, 4) is 89.7 Å². The number of fused-ring (bicyclic) bond motifs is 1. The van der Waals surface area contributed by atoms with Crippen LogP contribution in [-0.2, 0) is 26.5 Å². The number of benzene rings is 8. The van der Waals surface area contributed by atoms with Gasteiger partial charge in [-0.1, -0.05) is 189 Å². The van der Waals surface area contributed by atoms with Crippen molar-refractivity contribution in [2.45, 2.75) is 26.2 Å². The Kier molecular flexibility index (Phi) is 11.3. The van der Waals surface area contributed by atoms with Crippen molar-refractivity contribution in [3.05, 3.63) is 218 Å². The maximum absolute atomic E-state index is 11.4. The van der Waals surface area contributed by atoms with Crippen LogP contribution < -0.4 is 0 Å². The number of phenols is 1. The summed E-state index contributed by atoms with van der Waals surface area (Å²) in [7, 11) is 0. The van der Waals surface area contributed by atoms with Gasteiger partial charge in [-0.15, -0.1) is 23.8 Å². The predicted molar refractivity (Wildman–Crippen MR) is 256 cm³/mol. The minimum Gasteiger partial charge on any atom is -0.507 e. The summed E-state index contributed by atoms with van der Waals surface area (Å²) in [5.41, 5.74) is 16.9. The van der Waals surface area contributed by atoms with Gasteiger partial charge in [-0.2, -0.15) is 0 Å². The quantitative estimate of drug-likeness (QED) is 0.154. The van der Waals surface area contributed by atoms with Crippen molar-refractivity contribution in [3.63, 3.8) is 0 Å². The van der Waals surface area contributed by atoms with Gasteiger partial charge in [0.2, 0.25) is 0 Å². The summed E-state index contributed by atoms with van der Waals surface area (Å²) in [6.45, 7) is 6.75. The molecule has 0 fully saturated rings. The number of rotatable bonds is 8. The summed E-state index contributed by atoms with van der Waals surface area (Å²) in [4.78, 5) is 10.4. The average molecular weight is 994 g/mol. The second-order valence-electron chi connectivity index (χ2n) is 16.7. The van der Waals surface area contributed by atoms with E-state index in [0.717, 1.165) is 72.5 Å². The molecule has 63 heavy (non-hydrogen) atoms. The van der Waals surface area contributed by atoms with Crippen molar-refractivity contribution in [1.82, 2.24) is 14.5 Å². The summed E-state index contributed by atoms with van der Waals surface area (Å²) in [5.74, 6) is 0.833. The van der Waals surface area contributed by atoms with Gasteiger partial charge in [0, 0.05) is 33.0 Å². The second-order valence-corrected chi connectivity index (χ2v) is 16.7. The molecule has 0 amide bonds. The number of nitrogens with zero attached hydrogens (tertiary/aromatic N) is 3. The van der Waals surface area contributed by atoms with Crippen molar-refractivity contribution < 1.29 is 26.2 Å². The van der Waals surface area contributed by atoms with Gasteiger partial charge in [-0.05, 0) is 86.3 Å². The smallest absolute Gasteiger partial charge is 0.148 e. The number of hydrogen-bond donors (Lipinski definition) is 1. The maximum atomic E-state index is 11.4. The predicted octanol–water partition coefficient (Wildman–Crippen LogP) is 14.9. The first-order chi connectivity index (χ1) is 30.3. The first kappa shape index (κ1) is 41.2. The topological polar surface area (TPSA) is 50.9 Å². The third-order valence-electron chi connectivity index (χ3n) is 11.6. The Balaban J connectivity index is 0.00000504. The van der Waals surface area contributed by atoms with Crippen LogP contribution in [0.15, 0.2) is 206 Å². The number of phenolic OH excluding ortho intramolecular Hbond substituents is 1. The fourth-order valence-corrected chi connectivity index (χ4v) is 8.44. The Morgan fingerprint density at radius 3 is 1.65 bits per heavy atom. The van der Waals surface area contributed by atoms with Gasteiger partial charge in [0.15, 0.2) is 0 Å². The SMILES string of the molecule is CC(C)(C)c1cc(-c2ccccc2)ccc1-n1c(-c2ccccc2O)nc2c(-c3[c-]c(-c4cc(-c5ccc(-c6ccccc6)cc5)ccn4)cc(-c4ccccc4)c3)cccc21.[Pt]. The number of aromatic hydroxyl groups is 1. The fourth-order valence-electron chi connectivity index (χ4n) is 8.44. The van der Waals surface area contributed by atoms with E-state index in [1.807, 2.05) is 42.6 Å². The first-order valence-corrected chi connectivity index (χ1v) is 21.0. The number of hydrogen-bond acceptors (Lipinski definition) is 3. The summed E-state index contributed by atoms with van der Waals surface area (Å²) in [6.07, 6.45) is 1.88. The van der Waals surface area contributed by atoms with Gasteiger partial charge in [0.1, 0.15) is 11.6 Å². The van der Waals surface area contributed by atoms with Crippen LogP contribution in [-0.4, -0.2) is 19.6 Å². The van der Waals surface area contributed by atoms with Gasteiger partial charge >= 0.3 is 0 Å². The molecule has 0 aliphatic carbocycles. The summed E-state index contributed by atoms with van der Waals surface area (Å²) in [5, 5.41) is 11.4. The summed E-state index contributed by atoms with van der Waals surface area (Å²) < 4.78 is 2.22. The third-order valence-corrected chi connectivity index (χ3v) is 11.6. The molecule has 308 valence electrons. The van der Waals surface area contributed by atoms with Crippen LogP contribution >= 0.6 is 0 Å². The second kappa shape index (κ2) is 17.3. The molecule has 0 unspecified atom stereocenters. The third kappa shape index (κ3) is 8.19. The Morgan fingerprint density at radius 1 is 0.476 bits per heavy atom. The molecule has 0 radical (unpaired) electrons. The van der Waals surface area contributed by atoms with E-state index >= 15 is 0 Å². The van der Waals surface area contributed by atoms with Crippen LogP contribution in [0.2, 0.25) is 0 Å². The molecule has 2 heterocycles. The van der Waals surface area contributed by atoms with E-state index in [1.165, 1.54) is 16.7 Å². The Bertz CT molecular complexity index is 3210. The van der Waals surface area contributed by atoms with Crippen LogP contribution in [0.3, 0.4) is 0 Å². The molecule has 0 aliphatic heterocycles. The largest absolute Gasteiger partial charge is 0.507 e. The van der Waals surface area contributed by atoms with Crippen molar-refractivity contribution in [2.24, 2.45) is 0 Å². The van der Waals surface area contributed by atoms with Gasteiger partial charge in [0.05, 0.1) is 22.3 Å². The molecule has 5 heteroatoms. The van der Waals surface area contributed by atoms with Crippen LogP contribution in [0.25, 0.3) is 95.0 Å². The molecule has 0 bridgehead atoms. The van der Waals surface area contributed by atoms with E-state index in [1.54, 1.807) is 6.07 Å². The number of aromatic nitrogens is 3. The molecule has 0 aliphatic rings. The average Bonchev–Trinajstić information content (AvgIpc) is 3.71. The van der Waals surface area contributed by atoms with Crippen LogP contribution in [0.4, 0.5) is 0 Å². The van der Waals surface area contributed by atoms with Gasteiger partial charge < -0.3 is 5.11 Å². The molecule has 0 saturated carbocycles. The van der Waals surface area contributed by atoms with Gasteiger partial charge in [-0.3, -0.25) is 9.55 Å². The standard InChI is InChI=1S/C58H44N3O.Pt/c1-58(2,3)51-37-44(40-18-9-5-10-19-40)30-31-53(51)61-54-24-15-23-49(56(54)60-57(61)50-22-13-14-25-55(50)62)47-34-46(41-20-11-6-12-21-41)35-48(36-47)52-38-45(32-33-59-52)43-28-26-42(27-29-43)39-16-7-4-8-17-39;/h4-35,37-38,62H,1-3H3;/q-1;.